The van der Waals surface area contributed by atoms with E-state index >= 15 is 0 Å². The summed E-state index contributed by atoms with van der Waals surface area (Å²) in [6, 6.07) is 4.19. The van der Waals surface area contributed by atoms with Gasteiger partial charge in [-0.1, -0.05) is 6.07 Å². The van der Waals surface area contributed by atoms with E-state index in [-0.39, 0.29) is 17.1 Å². The van der Waals surface area contributed by atoms with E-state index in [0.717, 1.165) is 30.5 Å². The van der Waals surface area contributed by atoms with Crippen LogP contribution in [0.2, 0.25) is 0 Å². The summed E-state index contributed by atoms with van der Waals surface area (Å²) >= 11 is 0. The number of aliphatic hydroxyl groups is 1. The van der Waals surface area contributed by atoms with Gasteiger partial charge < -0.3 is 25.0 Å². The number of phenols is 1. The van der Waals surface area contributed by atoms with Crippen LogP contribution >= 0.6 is 0 Å². The molecule has 1 aliphatic heterocycles. The Morgan fingerprint density at radius 2 is 2.09 bits per heavy atom. The molecule has 0 aromatic heterocycles. The SMILES string of the molecule is COC1=C[C@H]2[C@H]3Cc4ccc(OC)c(O)c4[C@@]2(CCN3)CC1O. The number of hydrogen-bond donors (Lipinski definition) is 3. The van der Waals surface area contributed by atoms with Crippen LogP contribution in [0, 0.1) is 5.92 Å². The lowest BCUT2D eigenvalue weighted by atomic mass is 9.53. The van der Waals surface area contributed by atoms with Gasteiger partial charge in [0.1, 0.15) is 11.9 Å². The summed E-state index contributed by atoms with van der Waals surface area (Å²) in [6.45, 7) is 0.889. The minimum absolute atomic E-state index is 0.208. The first-order valence-corrected chi connectivity index (χ1v) is 8.17. The number of nitrogens with one attached hydrogen (secondary N) is 1. The highest BCUT2D eigenvalue weighted by molar-refractivity contribution is 5.57. The van der Waals surface area contributed by atoms with Crippen molar-refractivity contribution in [2.24, 2.45) is 5.92 Å². The lowest BCUT2D eigenvalue weighted by Gasteiger charge is -2.55. The second-order valence-electron chi connectivity index (χ2n) is 6.84. The number of fused-ring (bicyclic) bond motifs is 1. The number of piperidine rings is 1. The first kappa shape index (κ1) is 14.8. The Labute approximate surface area is 135 Å². The molecule has 0 amide bonds. The van der Waals surface area contributed by atoms with Gasteiger partial charge in [-0.15, -0.1) is 0 Å². The Morgan fingerprint density at radius 1 is 1.26 bits per heavy atom. The number of phenolic OH excluding ortho intramolecular Hbond substituents is 1. The third-order valence-corrected chi connectivity index (χ3v) is 5.90. The van der Waals surface area contributed by atoms with Crippen LogP contribution in [-0.4, -0.2) is 43.1 Å². The molecule has 1 fully saturated rings. The lowest BCUT2D eigenvalue weighted by Crippen LogP contribution is -2.60. The molecule has 0 saturated carbocycles. The summed E-state index contributed by atoms with van der Waals surface area (Å²) in [7, 11) is 3.18. The van der Waals surface area contributed by atoms with Gasteiger partial charge in [0.05, 0.1) is 14.2 Å². The molecule has 1 saturated heterocycles. The van der Waals surface area contributed by atoms with Crippen LogP contribution in [0.25, 0.3) is 0 Å². The van der Waals surface area contributed by atoms with E-state index in [9.17, 15) is 10.2 Å². The molecule has 124 valence electrons. The minimum atomic E-state index is -0.633. The second kappa shape index (κ2) is 5.14. The van der Waals surface area contributed by atoms with Gasteiger partial charge in [-0.05, 0) is 43.5 Å². The van der Waals surface area contributed by atoms with E-state index in [4.69, 9.17) is 9.47 Å². The molecule has 2 aliphatic carbocycles. The number of ether oxygens (including phenoxy) is 2. The molecule has 1 heterocycles. The third-order valence-electron chi connectivity index (χ3n) is 5.90. The van der Waals surface area contributed by atoms with Gasteiger partial charge >= 0.3 is 0 Å². The highest BCUT2D eigenvalue weighted by atomic mass is 16.5. The number of methoxy groups -OCH3 is 2. The predicted molar refractivity (Wildman–Crippen MR) is 85.7 cm³/mol. The normalized spacial score (nSPS) is 34.9. The molecule has 1 aromatic carbocycles. The standard InChI is InChI=1S/C18H23NO4/c1-22-14-4-3-10-7-12-11-8-15(23-2)13(20)9-18(11,5-6-19-12)16(10)17(14)21/h3-4,8,11-13,19-21H,5-7,9H2,1-2H3/t11-,12+,13?,18-/m0/s1. The third kappa shape index (κ3) is 1.93. The van der Waals surface area contributed by atoms with Crippen molar-refractivity contribution in [3.63, 3.8) is 0 Å². The van der Waals surface area contributed by atoms with Crippen molar-refractivity contribution in [3.8, 4) is 11.5 Å². The van der Waals surface area contributed by atoms with Gasteiger partial charge in [-0.25, -0.2) is 0 Å². The van der Waals surface area contributed by atoms with Crippen LogP contribution in [-0.2, 0) is 16.6 Å². The van der Waals surface area contributed by atoms with Gasteiger partial charge in [0.15, 0.2) is 11.5 Å². The van der Waals surface area contributed by atoms with Crippen molar-refractivity contribution in [3.05, 3.63) is 35.1 Å². The van der Waals surface area contributed by atoms with Crippen LogP contribution in [0.3, 0.4) is 0 Å². The highest BCUT2D eigenvalue weighted by Gasteiger charge is 2.55. The summed E-state index contributed by atoms with van der Waals surface area (Å²) in [5, 5.41) is 24.9. The number of aliphatic hydroxyl groups excluding tert-OH is 1. The largest absolute Gasteiger partial charge is 0.504 e. The van der Waals surface area contributed by atoms with E-state index in [1.807, 2.05) is 12.1 Å². The molecule has 0 spiro atoms. The first-order valence-electron chi connectivity index (χ1n) is 8.17. The number of rotatable bonds is 2. The van der Waals surface area contributed by atoms with Crippen molar-refractivity contribution >= 4 is 0 Å². The molecule has 5 nitrogen and oxygen atoms in total. The van der Waals surface area contributed by atoms with Gasteiger partial charge in [0.2, 0.25) is 0 Å². The molecule has 2 bridgehead atoms. The Hall–Kier alpha value is -1.72. The maximum Gasteiger partial charge on any atom is 0.161 e. The van der Waals surface area contributed by atoms with Crippen molar-refractivity contribution < 1.29 is 19.7 Å². The molecule has 5 heteroatoms. The lowest BCUT2D eigenvalue weighted by molar-refractivity contribution is 0.0362. The Morgan fingerprint density at radius 3 is 2.83 bits per heavy atom. The van der Waals surface area contributed by atoms with E-state index in [0.29, 0.717) is 24.0 Å². The Bertz CT molecular complexity index is 671. The molecule has 0 radical (unpaired) electrons. The Kier molecular flexibility index (Phi) is 3.32. The van der Waals surface area contributed by atoms with Gasteiger partial charge in [-0.3, -0.25) is 0 Å². The zero-order chi connectivity index (χ0) is 16.2. The molecule has 1 aromatic rings. The fraction of sp³-hybridized carbons (Fsp3) is 0.556. The smallest absolute Gasteiger partial charge is 0.161 e. The van der Waals surface area contributed by atoms with Crippen LogP contribution in [0.1, 0.15) is 24.0 Å². The zero-order valence-corrected chi connectivity index (χ0v) is 13.5. The van der Waals surface area contributed by atoms with Crippen LogP contribution in [0.5, 0.6) is 11.5 Å². The molecule has 3 aliphatic rings. The second-order valence-corrected chi connectivity index (χ2v) is 6.84. The van der Waals surface area contributed by atoms with Crippen molar-refractivity contribution in [1.29, 1.82) is 0 Å². The van der Waals surface area contributed by atoms with Gasteiger partial charge in [0.25, 0.3) is 0 Å². The minimum Gasteiger partial charge on any atom is -0.504 e. The topological polar surface area (TPSA) is 71.0 Å². The monoisotopic (exact) mass is 317 g/mol. The van der Waals surface area contributed by atoms with Crippen LogP contribution in [0.15, 0.2) is 24.0 Å². The maximum atomic E-state index is 10.8. The van der Waals surface area contributed by atoms with Crippen LogP contribution < -0.4 is 10.1 Å². The summed E-state index contributed by atoms with van der Waals surface area (Å²) < 4.78 is 10.7. The quantitative estimate of drug-likeness (QED) is 0.770. The van der Waals surface area contributed by atoms with Crippen LogP contribution in [0.4, 0.5) is 0 Å². The van der Waals surface area contributed by atoms with Gasteiger partial charge in [0, 0.05) is 22.9 Å². The van der Waals surface area contributed by atoms with Crippen molar-refractivity contribution in [2.75, 3.05) is 20.8 Å². The summed E-state index contributed by atoms with van der Waals surface area (Å²) in [4.78, 5) is 0. The fourth-order valence-corrected chi connectivity index (χ4v) is 4.94. The van der Waals surface area contributed by atoms with E-state index in [1.54, 1.807) is 14.2 Å². The number of aromatic hydroxyl groups is 1. The first-order chi connectivity index (χ1) is 11.1. The fourth-order valence-electron chi connectivity index (χ4n) is 4.94. The maximum absolute atomic E-state index is 10.8. The average Bonchev–Trinajstić information content (AvgIpc) is 2.53. The number of hydrogen-bond acceptors (Lipinski definition) is 5. The summed E-state index contributed by atoms with van der Waals surface area (Å²) in [6.07, 6.45) is 3.75. The Balaban J connectivity index is 1.94. The van der Waals surface area contributed by atoms with Crippen molar-refractivity contribution in [2.45, 2.75) is 36.8 Å². The molecule has 4 atom stereocenters. The molecular formula is C18H23NO4. The van der Waals surface area contributed by atoms with Gasteiger partial charge in [-0.2, -0.15) is 0 Å². The zero-order valence-electron chi connectivity index (χ0n) is 13.5. The molecule has 23 heavy (non-hydrogen) atoms. The van der Waals surface area contributed by atoms with E-state index in [1.165, 1.54) is 0 Å². The molecule has 1 unspecified atom stereocenters. The van der Waals surface area contributed by atoms with E-state index in [2.05, 4.69) is 11.4 Å². The molecular weight excluding hydrogens is 294 g/mol. The molecule has 3 N–H and O–H groups in total. The summed E-state index contributed by atoms with van der Waals surface area (Å²) in [5.74, 6) is 1.59. The number of benzene rings is 1. The molecule has 4 rings (SSSR count). The average molecular weight is 317 g/mol. The summed E-state index contributed by atoms with van der Waals surface area (Å²) in [5.41, 5.74) is 1.85. The highest BCUT2D eigenvalue weighted by Crippen LogP contribution is 2.56. The predicted octanol–water partition coefficient (Wildman–Crippen LogP) is 1.47. The van der Waals surface area contributed by atoms with E-state index < -0.39 is 6.10 Å². The van der Waals surface area contributed by atoms with Crippen molar-refractivity contribution in [1.82, 2.24) is 5.32 Å².